The molecule has 1 aromatic carbocycles. The molecule has 1 aromatic heterocycles. The zero-order chi connectivity index (χ0) is 11.7. The van der Waals surface area contributed by atoms with E-state index in [2.05, 4.69) is 40.7 Å². The first-order valence-corrected chi connectivity index (χ1v) is 6.68. The van der Waals surface area contributed by atoms with Gasteiger partial charge in [0.15, 0.2) is 5.13 Å². The molecule has 17 heavy (non-hydrogen) atoms. The minimum Gasteiger partial charge on any atom is -0.300 e. The molecular formula is C13H15N3S. The number of nitrogens with one attached hydrogen (secondary N) is 1. The molecule has 3 N–H and O–H groups in total. The summed E-state index contributed by atoms with van der Waals surface area (Å²) in [5.74, 6) is 6.04. The Hall–Kier alpha value is -1.39. The molecule has 4 heteroatoms. The van der Waals surface area contributed by atoms with Crippen molar-refractivity contribution in [3.8, 4) is 0 Å². The number of fused-ring (bicyclic) bond motifs is 1. The number of rotatable bonds is 2. The van der Waals surface area contributed by atoms with Gasteiger partial charge in [-0.05, 0) is 30.7 Å². The highest BCUT2D eigenvalue weighted by Gasteiger charge is 2.23. The number of nitrogen functional groups attached to an aromatic ring is 1. The lowest BCUT2D eigenvalue weighted by Crippen LogP contribution is -2.11. The summed E-state index contributed by atoms with van der Waals surface area (Å²) in [5.41, 5.74) is 5.32. The Kier molecular flexibility index (Phi) is 2.82. The largest absolute Gasteiger partial charge is 0.300 e. The summed E-state index contributed by atoms with van der Waals surface area (Å²) < 4.78 is 0. The van der Waals surface area contributed by atoms with E-state index in [4.69, 9.17) is 5.84 Å². The van der Waals surface area contributed by atoms with E-state index < -0.39 is 0 Å². The van der Waals surface area contributed by atoms with E-state index in [0.717, 1.165) is 18.0 Å². The van der Waals surface area contributed by atoms with Crippen LogP contribution < -0.4 is 11.3 Å². The maximum atomic E-state index is 5.41. The first kappa shape index (κ1) is 10.7. The Morgan fingerprint density at radius 3 is 2.88 bits per heavy atom. The molecule has 0 fully saturated rings. The van der Waals surface area contributed by atoms with Crippen molar-refractivity contribution < 1.29 is 0 Å². The SMILES string of the molecule is NNc1nc2c(s1)CC(c1ccccc1)CC2. The quantitative estimate of drug-likeness (QED) is 0.632. The Morgan fingerprint density at radius 1 is 1.29 bits per heavy atom. The summed E-state index contributed by atoms with van der Waals surface area (Å²) in [5, 5.41) is 0.837. The van der Waals surface area contributed by atoms with Crippen molar-refractivity contribution in [1.82, 2.24) is 4.98 Å². The van der Waals surface area contributed by atoms with Gasteiger partial charge in [0, 0.05) is 4.88 Å². The predicted molar refractivity (Wildman–Crippen MR) is 71.1 cm³/mol. The van der Waals surface area contributed by atoms with Crippen LogP contribution in [0.25, 0.3) is 0 Å². The van der Waals surface area contributed by atoms with E-state index in [-0.39, 0.29) is 0 Å². The molecule has 1 unspecified atom stereocenters. The second kappa shape index (κ2) is 4.47. The molecule has 0 spiro atoms. The number of aromatic nitrogens is 1. The Labute approximate surface area is 105 Å². The summed E-state index contributed by atoms with van der Waals surface area (Å²) in [6, 6.07) is 10.7. The fraction of sp³-hybridized carbons (Fsp3) is 0.308. The highest BCUT2D eigenvalue weighted by molar-refractivity contribution is 7.15. The molecule has 0 amide bonds. The molecule has 1 atom stereocenters. The monoisotopic (exact) mass is 245 g/mol. The number of hydrogen-bond donors (Lipinski definition) is 2. The third kappa shape index (κ3) is 2.06. The van der Waals surface area contributed by atoms with Crippen LogP contribution in [0.1, 0.15) is 28.5 Å². The highest BCUT2D eigenvalue weighted by atomic mass is 32.1. The van der Waals surface area contributed by atoms with Crippen LogP contribution >= 0.6 is 11.3 Å². The minimum absolute atomic E-state index is 0.634. The lowest BCUT2D eigenvalue weighted by molar-refractivity contribution is 0.584. The van der Waals surface area contributed by atoms with Crippen LogP contribution in [0.3, 0.4) is 0 Å². The molecule has 0 aliphatic heterocycles. The fourth-order valence-electron chi connectivity index (χ4n) is 2.45. The predicted octanol–water partition coefficient (Wildman–Crippen LogP) is 2.70. The summed E-state index contributed by atoms with van der Waals surface area (Å²) in [6.45, 7) is 0. The zero-order valence-electron chi connectivity index (χ0n) is 9.52. The van der Waals surface area contributed by atoms with Gasteiger partial charge in [-0.1, -0.05) is 30.3 Å². The van der Waals surface area contributed by atoms with E-state index in [1.54, 1.807) is 11.3 Å². The first-order chi connectivity index (χ1) is 8.36. The van der Waals surface area contributed by atoms with Crippen LogP contribution in [0.15, 0.2) is 30.3 Å². The molecule has 0 radical (unpaired) electrons. The maximum absolute atomic E-state index is 5.41. The molecule has 88 valence electrons. The molecule has 3 nitrogen and oxygen atoms in total. The summed E-state index contributed by atoms with van der Waals surface area (Å²) in [6.07, 6.45) is 3.34. The smallest absolute Gasteiger partial charge is 0.197 e. The normalized spacial score (nSPS) is 18.8. The maximum Gasteiger partial charge on any atom is 0.197 e. The third-order valence-corrected chi connectivity index (χ3v) is 4.39. The van der Waals surface area contributed by atoms with Crippen LogP contribution in [0.5, 0.6) is 0 Å². The molecule has 0 saturated carbocycles. The number of hydrogen-bond acceptors (Lipinski definition) is 4. The van der Waals surface area contributed by atoms with Gasteiger partial charge >= 0.3 is 0 Å². The second-order valence-electron chi connectivity index (χ2n) is 4.38. The van der Waals surface area contributed by atoms with E-state index in [1.807, 2.05) is 0 Å². The van der Waals surface area contributed by atoms with E-state index >= 15 is 0 Å². The molecule has 1 aliphatic carbocycles. The lowest BCUT2D eigenvalue weighted by atomic mass is 9.85. The molecule has 0 bridgehead atoms. The molecule has 1 aliphatic rings. The Balaban J connectivity index is 1.85. The number of benzene rings is 1. The second-order valence-corrected chi connectivity index (χ2v) is 5.47. The fourth-order valence-corrected chi connectivity index (χ4v) is 3.44. The number of thiazole rings is 1. The van der Waals surface area contributed by atoms with Crippen LogP contribution in [-0.4, -0.2) is 4.98 Å². The molecule has 0 saturated heterocycles. The zero-order valence-corrected chi connectivity index (χ0v) is 10.3. The van der Waals surface area contributed by atoms with E-state index in [0.29, 0.717) is 5.92 Å². The molecule has 1 heterocycles. The van der Waals surface area contributed by atoms with Gasteiger partial charge in [-0.3, -0.25) is 5.43 Å². The van der Waals surface area contributed by atoms with Gasteiger partial charge in [-0.15, -0.1) is 11.3 Å². The number of hydrazine groups is 1. The average Bonchev–Trinajstić information content (AvgIpc) is 2.81. The number of nitrogens with two attached hydrogens (primary N) is 1. The van der Waals surface area contributed by atoms with E-state index in [1.165, 1.54) is 22.6 Å². The summed E-state index contributed by atoms with van der Waals surface area (Å²) in [7, 11) is 0. The Bertz CT molecular complexity index is 507. The van der Waals surface area contributed by atoms with Crippen molar-refractivity contribution in [1.29, 1.82) is 0 Å². The van der Waals surface area contributed by atoms with Crippen molar-refractivity contribution in [2.75, 3.05) is 5.43 Å². The number of nitrogens with zero attached hydrogens (tertiary/aromatic N) is 1. The van der Waals surface area contributed by atoms with Gasteiger partial charge in [0.2, 0.25) is 0 Å². The number of anilines is 1. The first-order valence-electron chi connectivity index (χ1n) is 5.87. The van der Waals surface area contributed by atoms with Gasteiger partial charge in [0.05, 0.1) is 5.69 Å². The summed E-state index contributed by atoms with van der Waals surface area (Å²) in [4.78, 5) is 5.87. The standard InChI is InChI=1S/C13H15N3S/c14-16-13-15-11-7-6-10(8-12(11)17-13)9-4-2-1-3-5-9/h1-5,10H,6-8,14H2,(H,15,16). The van der Waals surface area contributed by atoms with Gasteiger partial charge in [0.1, 0.15) is 0 Å². The average molecular weight is 245 g/mol. The Morgan fingerprint density at radius 2 is 2.12 bits per heavy atom. The van der Waals surface area contributed by atoms with Crippen LogP contribution in [0, 0.1) is 0 Å². The highest BCUT2D eigenvalue weighted by Crippen LogP contribution is 2.36. The van der Waals surface area contributed by atoms with E-state index in [9.17, 15) is 0 Å². The van der Waals surface area contributed by atoms with Crippen molar-refractivity contribution in [3.05, 3.63) is 46.5 Å². The third-order valence-electron chi connectivity index (χ3n) is 3.33. The van der Waals surface area contributed by atoms with Crippen LogP contribution in [-0.2, 0) is 12.8 Å². The topological polar surface area (TPSA) is 50.9 Å². The van der Waals surface area contributed by atoms with Gasteiger partial charge in [-0.2, -0.15) is 0 Å². The molecular weight excluding hydrogens is 230 g/mol. The van der Waals surface area contributed by atoms with Gasteiger partial charge < -0.3 is 0 Å². The molecule has 2 aromatic rings. The van der Waals surface area contributed by atoms with Crippen molar-refractivity contribution in [2.45, 2.75) is 25.2 Å². The minimum atomic E-state index is 0.634. The van der Waals surface area contributed by atoms with Crippen LogP contribution in [0.4, 0.5) is 5.13 Å². The van der Waals surface area contributed by atoms with Crippen LogP contribution in [0.2, 0.25) is 0 Å². The molecule has 3 rings (SSSR count). The van der Waals surface area contributed by atoms with Gasteiger partial charge in [-0.25, -0.2) is 10.8 Å². The number of aryl methyl sites for hydroxylation is 1. The van der Waals surface area contributed by atoms with Crippen molar-refractivity contribution in [2.24, 2.45) is 5.84 Å². The van der Waals surface area contributed by atoms with Gasteiger partial charge in [0.25, 0.3) is 0 Å². The summed E-state index contributed by atoms with van der Waals surface area (Å²) >= 11 is 1.69. The van der Waals surface area contributed by atoms with Crippen molar-refractivity contribution in [3.63, 3.8) is 0 Å². The lowest BCUT2D eigenvalue weighted by Gasteiger charge is -2.21. The van der Waals surface area contributed by atoms with Crippen molar-refractivity contribution >= 4 is 16.5 Å².